The summed E-state index contributed by atoms with van der Waals surface area (Å²) in [6, 6.07) is 12.7. The van der Waals surface area contributed by atoms with Crippen LogP contribution in [0.2, 0.25) is 0 Å². The second-order valence-electron chi connectivity index (χ2n) is 6.08. The summed E-state index contributed by atoms with van der Waals surface area (Å²) in [4.78, 5) is 14.8. The molecule has 1 aliphatic rings. The van der Waals surface area contributed by atoms with Crippen molar-refractivity contribution in [3.8, 4) is 0 Å². The van der Waals surface area contributed by atoms with Crippen molar-refractivity contribution in [2.24, 2.45) is 11.7 Å². The van der Waals surface area contributed by atoms with E-state index in [2.05, 4.69) is 6.92 Å². The van der Waals surface area contributed by atoms with Crippen LogP contribution in [0.3, 0.4) is 0 Å². The second kappa shape index (κ2) is 6.36. The quantitative estimate of drug-likeness (QED) is 0.946. The highest BCUT2D eigenvalue weighted by atomic mass is 16.3. The van der Waals surface area contributed by atoms with E-state index >= 15 is 0 Å². The minimum atomic E-state index is -0.618. The normalized spacial score (nSPS) is 23.3. The molecule has 116 valence electrons. The van der Waals surface area contributed by atoms with Gasteiger partial charge in [-0.15, -0.1) is 0 Å². The van der Waals surface area contributed by atoms with Crippen LogP contribution in [0.5, 0.6) is 0 Å². The smallest absolute Gasteiger partial charge is 0.244 e. The number of amides is 1. The van der Waals surface area contributed by atoms with Gasteiger partial charge in [-0.2, -0.15) is 0 Å². The van der Waals surface area contributed by atoms with Gasteiger partial charge in [0.25, 0.3) is 0 Å². The van der Waals surface area contributed by atoms with Crippen LogP contribution >= 0.6 is 0 Å². The zero-order chi connectivity index (χ0) is 15.5. The molecule has 1 aromatic carbocycles. The Morgan fingerprint density at radius 2 is 2.05 bits per heavy atom. The maximum Gasteiger partial charge on any atom is 0.244 e. The molecule has 3 unspecified atom stereocenters. The zero-order valence-corrected chi connectivity index (χ0v) is 12.8. The number of nitrogens with two attached hydrogens (primary N) is 1. The van der Waals surface area contributed by atoms with Gasteiger partial charge >= 0.3 is 0 Å². The van der Waals surface area contributed by atoms with Crippen molar-refractivity contribution in [1.29, 1.82) is 0 Å². The Balaban J connectivity index is 1.83. The fourth-order valence-electron chi connectivity index (χ4n) is 3.14. The first-order valence-electron chi connectivity index (χ1n) is 7.81. The summed E-state index contributed by atoms with van der Waals surface area (Å²) in [5.74, 6) is 1.40. The van der Waals surface area contributed by atoms with E-state index in [1.54, 1.807) is 6.26 Å². The topological polar surface area (TPSA) is 59.5 Å². The van der Waals surface area contributed by atoms with Crippen molar-refractivity contribution in [2.45, 2.75) is 31.8 Å². The number of rotatable bonds is 3. The molecule has 4 heteroatoms. The third kappa shape index (κ3) is 2.92. The number of nitrogens with zero attached hydrogens (tertiary/aromatic N) is 1. The van der Waals surface area contributed by atoms with Crippen molar-refractivity contribution in [3.05, 3.63) is 60.1 Å². The SMILES string of the molecule is CC1CCN(C(=O)C(N)c2ccccc2)C(c2ccco2)C1. The first kappa shape index (κ1) is 14.9. The molecule has 2 heterocycles. The van der Waals surface area contributed by atoms with E-state index in [0.717, 1.165) is 30.7 Å². The molecular formula is C18H22N2O2. The lowest BCUT2D eigenvalue weighted by atomic mass is 9.90. The molecule has 3 atom stereocenters. The highest BCUT2D eigenvalue weighted by Crippen LogP contribution is 2.35. The van der Waals surface area contributed by atoms with E-state index in [9.17, 15) is 4.79 Å². The van der Waals surface area contributed by atoms with Gasteiger partial charge in [0.05, 0.1) is 12.3 Å². The van der Waals surface area contributed by atoms with Gasteiger partial charge in [-0.1, -0.05) is 37.3 Å². The Bertz CT molecular complexity index is 609. The van der Waals surface area contributed by atoms with Gasteiger partial charge in [0.2, 0.25) is 5.91 Å². The summed E-state index contributed by atoms with van der Waals surface area (Å²) in [6.45, 7) is 2.95. The number of benzene rings is 1. The fourth-order valence-corrected chi connectivity index (χ4v) is 3.14. The molecule has 1 fully saturated rings. The molecule has 1 aliphatic heterocycles. The number of carbonyl (C=O) groups is 1. The standard InChI is InChI=1S/C18H22N2O2/c1-13-9-10-20(15(12-13)16-8-5-11-22-16)18(21)17(19)14-6-3-2-4-7-14/h2-8,11,13,15,17H,9-10,12,19H2,1H3. The molecular weight excluding hydrogens is 276 g/mol. The predicted molar refractivity (Wildman–Crippen MR) is 84.9 cm³/mol. The monoisotopic (exact) mass is 298 g/mol. The van der Waals surface area contributed by atoms with Crippen LogP contribution in [0.25, 0.3) is 0 Å². The third-order valence-corrected chi connectivity index (χ3v) is 4.44. The van der Waals surface area contributed by atoms with E-state index in [-0.39, 0.29) is 11.9 Å². The number of likely N-dealkylation sites (tertiary alicyclic amines) is 1. The van der Waals surface area contributed by atoms with Crippen molar-refractivity contribution in [2.75, 3.05) is 6.54 Å². The highest BCUT2D eigenvalue weighted by Gasteiger charge is 2.35. The average Bonchev–Trinajstić information content (AvgIpc) is 3.08. The van der Waals surface area contributed by atoms with E-state index < -0.39 is 6.04 Å². The summed E-state index contributed by atoms with van der Waals surface area (Å²) >= 11 is 0. The average molecular weight is 298 g/mol. The van der Waals surface area contributed by atoms with Crippen LogP contribution < -0.4 is 5.73 Å². The molecule has 0 aliphatic carbocycles. The van der Waals surface area contributed by atoms with E-state index in [0.29, 0.717) is 5.92 Å². The van der Waals surface area contributed by atoms with Crippen molar-refractivity contribution in [1.82, 2.24) is 4.90 Å². The van der Waals surface area contributed by atoms with Crippen LogP contribution in [0.1, 0.15) is 43.2 Å². The summed E-state index contributed by atoms with van der Waals surface area (Å²) in [7, 11) is 0. The molecule has 3 rings (SSSR count). The maximum absolute atomic E-state index is 12.9. The number of hydrogen-bond donors (Lipinski definition) is 1. The van der Waals surface area contributed by atoms with Gasteiger partial charge in [-0.3, -0.25) is 4.79 Å². The number of piperidine rings is 1. The predicted octanol–water partition coefficient (Wildman–Crippen LogP) is 3.28. The first-order chi connectivity index (χ1) is 10.7. The first-order valence-corrected chi connectivity index (χ1v) is 7.81. The van der Waals surface area contributed by atoms with Crippen LogP contribution in [0, 0.1) is 5.92 Å². The molecule has 0 bridgehead atoms. The molecule has 0 saturated carbocycles. The van der Waals surface area contributed by atoms with Crippen LogP contribution in [-0.4, -0.2) is 17.4 Å². The minimum Gasteiger partial charge on any atom is -0.467 e. The molecule has 1 aromatic heterocycles. The Hall–Kier alpha value is -2.07. The Morgan fingerprint density at radius 3 is 2.73 bits per heavy atom. The lowest BCUT2D eigenvalue weighted by Crippen LogP contribution is -2.44. The van der Waals surface area contributed by atoms with Gasteiger partial charge < -0.3 is 15.1 Å². The van der Waals surface area contributed by atoms with Gasteiger partial charge in [-0.25, -0.2) is 0 Å². The summed E-state index contributed by atoms with van der Waals surface area (Å²) in [5, 5.41) is 0. The summed E-state index contributed by atoms with van der Waals surface area (Å²) in [6.07, 6.45) is 3.58. The number of furan rings is 1. The zero-order valence-electron chi connectivity index (χ0n) is 12.8. The molecule has 2 aromatic rings. The Morgan fingerprint density at radius 1 is 1.27 bits per heavy atom. The largest absolute Gasteiger partial charge is 0.467 e. The molecule has 0 radical (unpaired) electrons. The molecule has 1 amide bonds. The molecule has 22 heavy (non-hydrogen) atoms. The van der Waals surface area contributed by atoms with Gasteiger partial charge in [-0.05, 0) is 36.5 Å². The summed E-state index contributed by atoms with van der Waals surface area (Å²) in [5.41, 5.74) is 7.05. The van der Waals surface area contributed by atoms with E-state index in [4.69, 9.17) is 10.2 Å². The Labute approximate surface area is 130 Å². The maximum atomic E-state index is 12.9. The minimum absolute atomic E-state index is 0.0130. The number of hydrogen-bond acceptors (Lipinski definition) is 3. The van der Waals surface area contributed by atoms with Crippen LogP contribution in [0.15, 0.2) is 53.1 Å². The number of carbonyl (C=O) groups excluding carboxylic acids is 1. The van der Waals surface area contributed by atoms with Crippen molar-refractivity contribution < 1.29 is 9.21 Å². The van der Waals surface area contributed by atoms with E-state index in [1.165, 1.54) is 0 Å². The van der Waals surface area contributed by atoms with Gasteiger partial charge in [0.15, 0.2) is 0 Å². The molecule has 1 saturated heterocycles. The fraction of sp³-hybridized carbons (Fsp3) is 0.389. The second-order valence-corrected chi connectivity index (χ2v) is 6.08. The Kier molecular flexibility index (Phi) is 4.29. The lowest BCUT2D eigenvalue weighted by molar-refractivity contribution is -0.137. The molecule has 0 spiro atoms. The van der Waals surface area contributed by atoms with Crippen molar-refractivity contribution >= 4 is 5.91 Å². The van der Waals surface area contributed by atoms with Gasteiger partial charge in [0.1, 0.15) is 11.8 Å². The van der Waals surface area contributed by atoms with Crippen LogP contribution in [-0.2, 0) is 4.79 Å². The van der Waals surface area contributed by atoms with Crippen LogP contribution in [0.4, 0.5) is 0 Å². The molecule has 4 nitrogen and oxygen atoms in total. The summed E-state index contributed by atoms with van der Waals surface area (Å²) < 4.78 is 5.55. The molecule has 2 N–H and O–H groups in total. The van der Waals surface area contributed by atoms with Crippen molar-refractivity contribution in [3.63, 3.8) is 0 Å². The highest BCUT2D eigenvalue weighted by molar-refractivity contribution is 5.83. The lowest BCUT2D eigenvalue weighted by Gasteiger charge is -2.38. The third-order valence-electron chi connectivity index (χ3n) is 4.44. The van der Waals surface area contributed by atoms with E-state index in [1.807, 2.05) is 47.4 Å². The van der Waals surface area contributed by atoms with Gasteiger partial charge in [0, 0.05) is 6.54 Å².